The second kappa shape index (κ2) is 10.7. The summed E-state index contributed by atoms with van der Waals surface area (Å²) in [5.74, 6) is -0.333. The van der Waals surface area contributed by atoms with Gasteiger partial charge in [0, 0.05) is 19.1 Å². The lowest BCUT2D eigenvalue weighted by molar-refractivity contribution is -0.136. The maximum absolute atomic E-state index is 13.9. The molecule has 4 nitrogen and oxygen atoms in total. The maximum Gasteiger partial charge on any atom is 0.230 e. The van der Waals surface area contributed by atoms with Crippen LogP contribution in [0.5, 0.6) is 0 Å². The molecule has 2 aromatic carbocycles. The number of amides is 1. The van der Waals surface area contributed by atoms with Gasteiger partial charge in [0.15, 0.2) is 0 Å². The van der Waals surface area contributed by atoms with E-state index in [2.05, 4.69) is 21.7 Å². The third kappa shape index (κ3) is 6.13. The van der Waals surface area contributed by atoms with Gasteiger partial charge in [0.05, 0.1) is 5.92 Å². The highest BCUT2D eigenvalue weighted by atomic mass is 19.1. The first-order chi connectivity index (χ1) is 14.4. The highest BCUT2D eigenvalue weighted by molar-refractivity contribution is 5.84. The number of hydrogen-bond acceptors (Lipinski definition) is 3. The molecular weight excluding hydrogens is 377 g/mol. The Balaban J connectivity index is 1.87. The van der Waals surface area contributed by atoms with Crippen LogP contribution in [0.15, 0.2) is 54.6 Å². The van der Waals surface area contributed by atoms with Crippen molar-refractivity contribution in [3.8, 4) is 0 Å². The van der Waals surface area contributed by atoms with E-state index in [1.54, 1.807) is 12.1 Å². The van der Waals surface area contributed by atoms with E-state index < -0.39 is 0 Å². The third-order valence-corrected chi connectivity index (χ3v) is 6.05. The van der Waals surface area contributed by atoms with Gasteiger partial charge < -0.3 is 14.7 Å². The standard InChI is InChI=1S/C25H34FN3O/c1-27(2)17-18-29(23-13-15-28(3)16-14-23)25(30)24(21-7-5-4-6-8-21)19-20-9-11-22(26)12-10-20/h4-12,23-24H,13-19H2,1-3H3. The maximum atomic E-state index is 13.9. The van der Waals surface area contributed by atoms with Crippen molar-refractivity contribution in [3.63, 3.8) is 0 Å². The molecule has 0 radical (unpaired) electrons. The number of halogens is 1. The van der Waals surface area contributed by atoms with Crippen LogP contribution < -0.4 is 0 Å². The van der Waals surface area contributed by atoms with Gasteiger partial charge in [-0.1, -0.05) is 42.5 Å². The lowest BCUT2D eigenvalue weighted by Gasteiger charge is -2.39. The van der Waals surface area contributed by atoms with Crippen LogP contribution in [0.1, 0.15) is 29.9 Å². The molecule has 3 rings (SSSR count). The van der Waals surface area contributed by atoms with Crippen LogP contribution in [0.4, 0.5) is 4.39 Å². The molecule has 1 aliphatic heterocycles. The lowest BCUT2D eigenvalue weighted by Crippen LogP contribution is -2.50. The smallest absolute Gasteiger partial charge is 0.230 e. The number of likely N-dealkylation sites (tertiary alicyclic amines) is 1. The molecule has 162 valence electrons. The fraction of sp³-hybridized carbons (Fsp3) is 0.480. The number of piperidine rings is 1. The molecule has 1 amide bonds. The van der Waals surface area contributed by atoms with Gasteiger partial charge in [-0.3, -0.25) is 4.79 Å². The van der Waals surface area contributed by atoms with Crippen molar-refractivity contribution >= 4 is 5.91 Å². The summed E-state index contributed by atoms with van der Waals surface area (Å²) in [4.78, 5) is 20.5. The van der Waals surface area contributed by atoms with Crippen LogP contribution in [0.3, 0.4) is 0 Å². The van der Waals surface area contributed by atoms with E-state index in [4.69, 9.17) is 0 Å². The van der Waals surface area contributed by atoms with Crippen molar-refractivity contribution in [2.45, 2.75) is 31.2 Å². The summed E-state index contributed by atoms with van der Waals surface area (Å²) in [6.07, 6.45) is 2.59. The van der Waals surface area contributed by atoms with Crippen LogP contribution in [0, 0.1) is 5.82 Å². The molecule has 0 N–H and O–H groups in total. The Morgan fingerprint density at radius 1 is 1.03 bits per heavy atom. The highest BCUT2D eigenvalue weighted by Gasteiger charge is 2.32. The average Bonchev–Trinajstić information content (AvgIpc) is 2.75. The Labute approximate surface area is 180 Å². The first-order valence-corrected chi connectivity index (χ1v) is 10.9. The van der Waals surface area contributed by atoms with Crippen molar-refractivity contribution in [2.24, 2.45) is 0 Å². The molecule has 1 fully saturated rings. The van der Waals surface area contributed by atoms with E-state index in [0.29, 0.717) is 6.42 Å². The van der Waals surface area contributed by atoms with Gasteiger partial charge in [0.25, 0.3) is 0 Å². The van der Waals surface area contributed by atoms with Crippen molar-refractivity contribution in [2.75, 3.05) is 47.3 Å². The summed E-state index contributed by atoms with van der Waals surface area (Å²) >= 11 is 0. The Morgan fingerprint density at radius 2 is 1.67 bits per heavy atom. The predicted octanol–water partition coefficient (Wildman–Crippen LogP) is 3.64. The molecule has 0 bridgehead atoms. The van der Waals surface area contributed by atoms with E-state index in [-0.39, 0.29) is 23.7 Å². The molecule has 1 heterocycles. The number of rotatable bonds is 8. The van der Waals surface area contributed by atoms with Gasteiger partial charge in [-0.05, 0) is 76.8 Å². The fourth-order valence-electron chi connectivity index (χ4n) is 4.18. The second-order valence-corrected chi connectivity index (χ2v) is 8.66. The van der Waals surface area contributed by atoms with Crippen LogP contribution in [-0.4, -0.2) is 74.0 Å². The van der Waals surface area contributed by atoms with E-state index in [1.165, 1.54) is 12.1 Å². The van der Waals surface area contributed by atoms with Crippen molar-refractivity contribution in [3.05, 3.63) is 71.5 Å². The monoisotopic (exact) mass is 411 g/mol. The molecule has 1 unspecified atom stereocenters. The van der Waals surface area contributed by atoms with Crippen LogP contribution in [0.25, 0.3) is 0 Å². The van der Waals surface area contributed by atoms with Gasteiger partial charge in [-0.2, -0.15) is 0 Å². The predicted molar refractivity (Wildman–Crippen MR) is 120 cm³/mol. The van der Waals surface area contributed by atoms with Crippen molar-refractivity contribution in [1.82, 2.24) is 14.7 Å². The topological polar surface area (TPSA) is 26.8 Å². The van der Waals surface area contributed by atoms with Crippen LogP contribution in [0.2, 0.25) is 0 Å². The first kappa shape index (κ1) is 22.4. The summed E-state index contributed by atoms with van der Waals surface area (Å²) < 4.78 is 13.4. The summed E-state index contributed by atoms with van der Waals surface area (Å²) in [5, 5.41) is 0. The van der Waals surface area contributed by atoms with Gasteiger partial charge in [-0.15, -0.1) is 0 Å². The minimum absolute atomic E-state index is 0.182. The summed E-state index contributed by atoms with van der Waals surface area (Å²) in [7, 11) is 6.23. The number of carbonyl (C=O) groups is 1. The van der Waals surface area contributed by atoms with Crippen molar-refractivity contribution < 1.29 is 9.18 Å². The highest BCUT2D eigenvalue weighted by Crippen LogP contribution is 2.27. The Hall–Kier alpha value is -2.24. The number of likely N-dealkylation sites (N-methyl/N-ethyl adjacent to an activating group) is 1. The van der Waals surface area contributed by atoms with Gasteiger partial charge in [0.2, 0.25) is 5.91 Å². The largest absolute Gasteiger partial charge is 0.338 e. The Kier molecular flexibility index (Phi) is 8.00. The Bertz CT molecular complexity index is 786. The molecule has 30 heavy (non-hydrogen) atoms. The number of hydrogen-bond donors (Lipinski definition) is 0. The molecular formula is C25H34FN3O. The quantitative estimate of drug-likeness (QED) is 0.664. The molecule has 1 aliphatic rings. The number of benzene rings is 2. The zero-order valence-electron chi connectivity index (χ0n) is 18.4. The molecule has 1 atom stereocenters. The molecule has 0 aliphatic carbocycles. The zero-order chi connectivity index (χ0) is 21.5. The molecule has 0 saturated carbocycles. The van der Waals surface area contributed by atoms with E-state index in [1.807, 2.05) is 44.4 Å². The molecule has 0 spiro atoms. The normalized spacial score (nSPS) is 16.6. The fourth-order valence-corrected chi connectivity index (χ4v) is 4.18. The minimum Gasteiger partial charge on any atom is -0.338 e. The van der Waals surface area contributed by atoms with Gasteiger partial charge in [-0.25, -0.2) is 4.39 Å². The minimum atomic E-state index is -0.265. The molecule has 0 aromatic heterocycles. The number of carbonyl (C=O) groups excluding carboxylic acids is 1. The van der Waals surface area contributed by atoms with E-state index in [9.17, 15) is 9.18 Å². The SMILES string of the molecule is CN(C)CCN(C(=O)C(Cc1ccc(F)cc1)c1ccccc1)C1CCN(C)CC1. The summed E-state index contributed by atoms with van der Waals surface area (Å²) in [6, 6.07) is 16.8. The Morgan fingerprint density at radius 3 is 2.27 bits per heavy atom. The summed E-state index contributed by atoms with van der Waals surface area (Å²) in [6.45, 7) is 3.61. The van der Waals surface area contributed by atoms with E-state index in [0.717, 1.165) is 50.1 Å². The van der Waals surface area contributed by atoms with Crippen LogP contribution in [-0.2, 0) is 11.2 Å². The average molecular weight is 412 g/mol. The van der Waals surface area contributed by atoms with Gasteiger partial charge >= 0.3 is 0 Å². The molecule has 5 heteroatoms. The zero-order valence-corrected chi connectivity index (χ0v) is 18.4. The van der Waals surface area contributed by atoms with Crippen molar-refractivity contribution in [1.29, 1.82) is 0 Å². The van der Waals surface area contributed by atoms with E-state index >= 15 is 0 Å². The first-order valence-electron chi connectivity index (χ1n) is 10.9. The second-order valence-electron chi connectivity index (χ2n) is 8.66. The lowest BCUT2D eigenvalue weighted by atomic mass is 9.89. The number of nitrogens with zero attached hydrogens (tertiary/aromatic N) is 3. The van der Waals surface area contributed by atoms with Gasteiger partial charge in [0.1, 0.15) is 5.82 Å². The molecule has 1 saturated heterocycles. The van der Waals surface area contributed by atoms with Crippen LogP contribution >= 0.6 is 0 Å². The third-order valence-electron chi connectivity index (χ3n) is 6.05. The molecule has 2 aromatic rings. The summed E-state index contributed by atoms with van der Waals surface area (Å²) in [5.41, 5.74) is 2.00.